The van der Waals surface area contributed by atoms with E-state index in [-0.39, 0.29) is 0 Å². The van der Waals surface area contributed by atoms with E-state index in [1.807, 2.05) is 0 Å². The predicted octanol–water partition coefficient (Wildman–Crippen LogP) is 7.63. The second-order valence-corrected chi connectivity index (χ2v) is 10.6. The van der Waals surface area contributed by atoms with Crippen LogP contribution in [0.25, 0.3) is 11.4 Å². The molecule has 0 spiro atoms. The summed E-state index contributed by atoms with van der Waals surface area (Å²) in [6, 6.07) is 13.4. The van der Waals surface area contributed by atoms with Crippen molar-refractivity contribution < 1.29 is 9.47 Å². The summed E-state index contributed by atoms with van der Waals surface area (Å²) in [5.41, 5.74) is 6.40. The number of imidazole rings is 1. The smallest absolute Gasteiger partial charge is 0.161 e. The van der Waals surface area contributed by atoms with Crippen LogP contribution in [-0.4, -0.2) is 34.2 Å². The fourth-order valence-corrected chi connectivity index (χ4v) is 6.14. The highest BCUT2D eigenvalue weighted by molar-refractivity contribution is 6.30. The Labute approximate surface area is 226 Å². The van der Waals surface area contributed by atoms with Crippen molar-refractivity contribution in [3.63, 3.8) is 0 Å². The molecule has 37 heavy (non-hydrogen) atoms. The van der Waals surface area contributed by atoms with Gasteiger partial charge in [0.2, 0.25) is 0 Å². The summed E-state index contributed by atoms with van der Waals surface area (Å²) in [4.78, 5) is 7.63. The van der Waals surface area contributed by atoms with Crippen LogP contribution >= 0.6 is 11.6 Å². The highest BCUT2D eigenvalue weighted by Crippen LogP contribution is 2.39. The van der Waals surface area contributed by atoms with Gasteiger partial charge in [-0.2, -0.15) is 0 Å². The van der Waals surface area contributed by atoms with Crippen molar-refractivity contribution in [3.05, 3.63) is 63.9 Å². The summed E-state index contributed by atoms with van der Waals surface area (Å²) in [5, 5.41) is 0.644. The van der Waals surface area contributed by atoms with E-state index in [1.54, 1.807) is 0 Å². The number of nitrogens with zero attached hydrogens (tertiary/aromatic N) is 3. The molecule has 0 radical (unpaired) electrons. The predicted molar refractivity (Wildman–Crippen MR) is 151 cm³/mol. The van der Waals surface area contributed by atoms with Gasteiger partial charge in [0.15, 0.2) is 16.7 Å². The van der Waals surface area contributed by atoms with Gasteiger partial charge in [-0.05, 0) is 67.5 Å². The zero-order valence-electron chi connectivity index (χ0n) is 22.6. The molecule has 3 aromatic rings. The summed E-state index contributed by atoms with van der Waals surface area (Å²) in [5.74, 6) is 2.76. The minimum absolute atomic E-state index is 0.327. The van der Waals surface area contributed by atoms with Gasteiger partial charge in [0.25, 0.3) is 0 Å². The molecule has 1 saturated heterocycles. The molecular weight excluding hydrogens is 482 g/mol. The third-order valence-corrected chi connectivity index (χ3v) is 8.20. The lowest BCUT2D eigenvalue weighted by Crippen LogP contribution is -2.34. The molecule has 1 aromatic heterocycles. The first kappa shape index (κ1) is 26.1. The zero-order valence-corrected chi connectivity index (χ0v) is 23.3. The summed E-state index contributed by atoms with van der Waals surface area (Å²) in [6.45, 7) is 10.7. The number of ether oxygens (including phenoxy) is 2. The number of piperidine rings is 1. The summed E-state index contributed by atoms with van der Waals surface area (Å²) < 4.78 is 14.1. The molecule has 2 aliphatic heterocycles. The SMILES string of the molecule is CCCCn1c(-c2c(CC)cccc2CC)nc(Cl)c1CN1CCCCC1c1ccc2c(c1)OCCO2. The van der Waals surface area contributed by atoms with Crippen LogP contribution in [0.15, 0.2) is 36.4 Å². The lowest BCUT2D eigenvalue weighted by atomic mass is 9.94. The lowest BCUT2D eigenvalue weighted by molar-refractivity contribution is 0.135. The number of hydrogen-bond acceptors (Lipinski definition) is 4. The number of benzene rings is 2. The van der Waals surface area contributed by atoms with E-state index in [0.717, 1.165) is 74.8 Å². The van der Waals surface area contributed by atoms with Gasteiger partial charge < -0.3 is 14.0 Å². The maximum absolute atomic E-state index is 6.98. The first-order valence-corrected chi connectivity index (χ1v) is 14.5. The Morgan fingerprint density at radius 2 is 1.73 bits per heavy atom. The van der Waals surface area contributed by atoms with Crippen molar-refractivity contribution in [1.82, 2.24) is 14.5 Å². The quantitative estimate of drug-likeness (QED) is 0.290. The number of aromatic nitrogens is 2. The van der Waals surface area contributed by atoms with Crippen molar-refractivity contribution in [2.45, 2.75) is 84.8 Å². The van der Waals surface area contributed by atoms with E-state index in [2.05, 4.69) is 66.6 Å². The molecule has 2 aromatic carbocycles. The topological polar surface area (TPSA) is 39.5 Å². The van der Waals surface area contributed by atoms with E-state index >= 15 is 0 Å². The van der Waals surface area contributed by atoms with Crippen LogP contribution in [0.4, 0.5) is 0 Å². The average molecular weight is 522 g/mol. The summed E-state index contributed by atoms with van der Waals surface area (Å²) in [6.07, 6.45) is 7.76. The van der Waals surface area contributed by atoms with Crippen LogP contribution in [0, 0.1) is 0 Å². The summed E-state index contributed by atoms with van der Waals surface area (Å²) in [7, 11) is 0. The highest BCUT2D eigenvalue weighted by atomic mass is 35.5. The van der Waals surface area contributed by atoms with Crippen molar-refractivity contribution >= 4 is 11.6 Å². The van der Waals surface area contributed by atoms with Crippen LogP contribution in [0.1, 0.15) is 81.3 Å². The second kappa shape index (κ2) is 11.9. The van der Waals surface area contributed by atoms with Crippen molar-refractivity contribution in [2.75, 3.05) is 19.8 Å². The number of hydrogen-bond donors (Lipinski definition) is 0. The maximum Gasteiger partial charge on any atom is 0.161 e. The summed E-state index contributed by atoms with van der Waals surface area (Å²) >= 11 is 6.98. The van der Waals surface area contributed by atoms with E-state index in [4.69, 9.17) is 26.1 Å². The van der Waals surface area contributed by atoms with Gasteiger partial charge in [-0.3, -0.25) is 4.90 Å². The van der Waals surface area contributed by atoms with E-state index in [1.165, 1.54) is 35.1 Å². The minimum Gasteiger partial charge on any atom is -0.486 e. The Kier molecular flexibility index (Phi) is 8.41. The highest BCUT2D eigenvalue weighted by Gasteiger charge is 2.29. The Morgan fingerprint density at radius 3 is 2.46 bits per heavy atom. The number of halogens is 1. The fraction of sp³-hybridized carbons (Fsp3) is 0.516. The molecule has 0 bridgehead atoms. The van der Waals surface area contributed by atoms with E-state index in [9.17, 15) is 0 Å². The fourth-order valence-electron chi connectivity index (χ4n) is 5.90. The molecule has 0 aliphatic carbocycles. The van der Waals surface area contributed by atoms with Gasteiger partial charge in [0, 0.05) is 24.7 Å². The van der Waals surface area contributed by atoms with Crippen LogP contribution in [0.2, 0.25) is 5.15 Å². The number of aryl methyl sites for hydroxylation is 2. The van der Waals surface area contributed by atoms with E-state index in [0.29, 0.717) is 24.4 Å². The first-order valence-electron chi connectivity index (χ1n) is 14.1. The normalized spacial score (nSPS) is 17.8. The minimum atomic E-state index is 0.327. The Hall–Kier alpha value is -2.50. The van der Waals surface area contributed by atoms with Gasteiger partial charge >= 0.3 is 0 Å². The number of unbranched alkanes of at least 4 members (excludes halogenated alkanes) is 1. The Balaban J connectivity index is 1.52. The number of likely N-dealkylation sites (tertiary alicyclic amines) is 1. The molecule has 3 heterocycles. The van der Waals surface area contributed by atoms with Crippen LogP contribution in [-0.2, 0) is 25.9 Å². The van der Waals surface area contributed by atoms with Crippen LogP contribution in [0.5, 0.6) is 11.5 Å². The van der Waals surface area contributed by atoms with Gasteiger partial charge in [-0.1, -0.05) is 69.5 Å². The zero-order chi connectivity index (χ0) is 25.8. The molecule has 0 saturated carbocycles. The molecule has 0 N–H and O–H groups in total. The third kappa shape index (κ3) is 5.39. The van der Waals surface area contributed by atoms with Gasteiger partial charge in [-0.15, -0.1) is 0 Å². The molecule has 1 unspecified atom stereocenters. The maximum atomic E-state index is 6.98. The molecule has 1 atom stereocenters. The average Bonchev–Trinajstić information content (AvgIpc) is 3.25. The molecule has 5 rings (SSSR count). The molecule has 5 nitrogen and oxygen atoms in total. The van der Waals surface area contributed by atoms with Crippen molar-refractivity contribution in [3.8, 4) is 22.9 Å². The molecule has 1 fully saturated rings. The van der Waals surface area contributed by atoms with Crippen LogP contribution < -0.4 is 9.47 Å². The van der Waals surface area contributed by atoms with Gasteiger partial charge in [0.1, 0.15) is 19.0 Å². The van der Waals surface area contributed by atoms with Gasteiger partial charge in [0.05, 0.1) is 5.69 Å². The second-order valence-electron chi connectivity index (χ2n) is 10.2. The largest absolute Gasteiger partial charge is 0.486 e. The number of fused-ring (bicyclic) bond motifs is 1. The van der Waals surface area contributed by atoms with Crippen molar-refractivity contribution in [1.29, 1.82) is 0 Å². The Bertz CT molecular complexity index is 1200. The molecule has 0 amide bonds. The van der Waals surface area contributed by atoms with Crippen molar-refractivity contribution in [2.24, 2.45) is 0 Å². The molecule has 2 aliphatic rings. The van der Waals surface area contributed by atoms with Crippen LogP contribution in [0.3, 0.4) is 0 Å². The monoisotopic (exact) mass is 521 g/mol. The Morgan fingerprint density at radius 1 is 0.973 bits per heavy atom. The molecule has 198 valence electrons. The molecular formula is C31H40ClN3O2. The third-order valence-electron chi connectivity index (χ3n) is 7.90. The first-order chi connectivity index (χ1) is 18.1. The standard InChI is InChI=1S/C31H40ClN3O2/c1-4-7-17-35-26(30(32)33-31(35)29-22(5-2)11-10-12-23(29)6-3)21-34-16-9-8-13-25(34)24-14-15-27-28(20-24)37-19-18-36-27/h10-12,14-15,20,25H,4-9,13,16-19,21H2,1-3H3. The lowest BCUT2D eigenvalue weighted by Gasteiger charge is -2.36. The van der Waals surface area contributed by atoms with E-state index < -0.39 is 0 Å². The van der Waals surface area contributed by atoms with Gasteiger partial charge in [-0.25, -0.2) is 4.98 Å². The molecule has 6 heteroatoms. The number of rotatable bonds is 9.